The first-order chi connectivity index (χ1) is 11.3. The summed E-state index contributed by atoms with van der Waals surface area (Å²) in [6.45, 7) is 0.540. The van der Waals surface area contributed by atoms with Crippen molar-refractivity contribution >= 4 is 11.6 Å². The van der Waals surface area contributed by atoms with Gasteiger partial charge in [-0.15, -0.1) is 0 Å². The summed E-state index contributed by atoms with van der Waals surface area (Å²) in [5.41, 5.74) is 3.91. The molecule has 0 aromatic heterocycles. The van der Waals surface area contributed by atoms with Crippen LogP contribution in [0.4, 0.5) is 0 Å². The third-order valence-corrected chi connectivity index (χ3v) is 3.94. The molecule has 2 nitrogen and oxygen atoms in total. The molecule has 3 heteroatoms. The lowest BCUT2D eigenvalue weighted by atomic mass is 10.0. The van der Waals surface area contributed by atoms with Gasteiger partial charge in [0.15, 0.2) is 0 Å². The van der Waals surface area contributed by atoms with Crippen molar-refractivity contribution in [3.63, 3.8) is 0 Å². The molecule has 116 valence electrons. The van der Waals surface area contributed by atoms with E-state index in [4.69, 9.17) is 21.4 Å². The maximum atomic E-state index is 9.14. The monoisotopic (exact) mass is 324 g/mol. The van der Waals surface area contributed by atoms with Crippen molar-refractivity contribution in [1.29, 1.82) is 0 Å². The highest BCUT2D eigenvalue weighted by molar-refractivity contribution is 6.33. The third kappa shape index (κ3) is 3.92. The molecule has 0 heterocycles. The molecule has 0 aliphatic rings. The summed E-state index contributed by atoms with van der Waals surface area (Å²) < 4.78 is 5.78. The maximum Gasteiger partial charge on any atom is 0.119 e. The molecule has 0 fully saturated rings. The zero-order chi connectivity index (χ0) is 16.1. The highest BCUT2D eigenvalue weighted by Gasteiger charge is 2.05. The van der Waals surface area contributed by atoms with E-state index in [1.54, 1.807) is 6.07 Å². The van der Waals surface area contributed by atoms with Gasteiger partial charge in [-0.25, -0.2) is 0 Å². The molecular formula is C20H17ClO2. The fourth-order valence-electron chi connectivity index (χ4n) is 2.36. The predicted molar refractivity (Wildman–Crippen MR) is 93.6 cm³/mol. The Morgan fingerprint density at radius 3 is 2.22 bits per heavy atom. The van der Waals surface area contributed by atoms with E-state index in [2.05, 4.69) is 0 Å². The van der Waals surface area contributed by atoms with Crippen LogP contribution in [0.15, 0.2) is 72.8 Å². The lowest BCUT2D eigenvalue weighted by Gasteiger charge is -2.09. The number of hydrogen-bond donors (Lipinski definition) is 1. The maximum absolute atomic E-state index is 9.14. The normalized spacial score (nSPS) is 10.5. The largest absolute Gasteiger partial charge is 0.489 e. The van der Waals surface area contributed by atoms with E-state index in [1.165, 1.54) is 0 Å². The van der Waals surface area contributed by atoms with Gasteiger partial charge in [0.2, 0.25) is 0 Å². The van der Waals surface area contributed by atoms with Crippen LogP contribution < -0.4 is 4.74 Å². The van der Waals surface area contributed by atoms with Crippen LogP contribution in [0.2, 0.25) is 5.02 Å². The number of benzene rings is 3. The second-order valence-corrected chi connectivity index (χ2v) is 5.68. The van der Waals surface area contributed by atoms with Gasteiger partial charge in [-0.1, -0.05) is 66.2 Å². The van der Waals surface area contributed by atoms with Crippen molar-refractivity contribution in [2.24, 2.45) is 0 Å². The van der Waals surface area contributed by atoms with Crippen LogP contribution in [0.25, 0.3) is 11.1 Å². The number of aliphatic hydroxyl groups excluding tert-OH is 1. The lowest BCUT2D eigenvalue weighted by Crippen LogP contribution is -1.94. The summed E-state index contributed by atoms with van der Waals surface area (Å²) in [5, 5.41) is 9.77. The highest BCUT2D eigenvalue weighted by atomic mass is 35.5. The van der Waals surface area contributed by atoms with Crippen molar-refractivity contribution in [2.75, 3.05) is 0 Å². The Balaban J connectivity index is 1.72. The van der Waals surface area contributed by atoms with Gasteiger partial charge in [0.05, 0.1) is 6.61 Å². The van der Waals surface area contributed by atoms with Gasteiger partial charge in [0.25, 0.3) is 0 Å². The summed E-state index contributed by atoms with van der Waals surface area (Å²) in [6.07, 6.45) is 0. The molecule has 0 bridgehead atoms. The minimum atomic E-state index is -0.00767. The Bertz CT molecular complexity index is 767. The molecule has 0 amide bonds. The Kier molecular flexibility index (Phi) is 4.96. The van der Waals surface area contributed by atoms with Crippen molar-refractivity contribution < 1.29 is 9.84 Å². The number of ether oxygens (including phenoxy) is 1. The van der Waals surface area contributed by atoms with Gasteiger partial charge >= 0.3 is 0 Å². The molecule has 0 saturated carbocycles. The number of rotatable bonds is 5. The van der Waals surface area contributed by atoms with E-state index in [9.17, 15) is 0 Å². The molecule has 0 aliphatic heterocycles. The quantitative estimate of drug-likeness (QED) is 0.709. The predicted octanol–water partition coefficient (Wildman–Crippen LogP) is 5.08. The molecule has 0 radical (unpaired) electrons. The van der Waals surface area contributed by atoms with Gasteiger partial charge in [-0.2, -0.15) is 0 Å². The molecule has 0 unspecified atom stereocenters. The molecule has 0 spiro atoms. The zero-order valence-electron chi connectivity index (χ0n) is 12.6. The van der Waals surface area contributed by atoms with E-state index in [-0.39, 0.29) is 6.61 Å². The Morgan fingerprint density at radius 2 is 1.57 bits per heavy atom. The zero-order valence-corrected chi connectivity index (χ0v) is 13.3. The molecule has 23 heavy (non-hydrogen) atoms. The van der Waals surface area contributed by atoms with Crippen LogP contribution >= 0.6 is 11.6 Å². The molecule has 0 atom stereocenters. The van der Waals surface area contributed by atoms with Crippen molar-refractivity contribution in [3.8, 4) is 16.9 Å². The molecule has 0 saturated heterocycles. The second-order valence-electron chi connectivity index (χ2n) is 5.27. The second kappa shape index (κ2) is 7.32. The van der Waals surface area contributed by atoms with Gasteiger partial charge in [0.1, 0.15) is 12.4 Å². The first-order valence-electron chi connectivity index (χ1n) is 7.43. The highest BCUT2D eigenvalue weighted by Crippen LogP contribution is 2.30. The average Bonchev–Trinajstić information content (AvgIpc) is 2.61. The molecule has 3 rings (SSSR count). The minimum absolute atomic E-state index is 0.00767. The van der Waals surface area contributed by atoms with Gasteiger partial charge in [0, 0.05) is 10.6 Å². The lowest BCUT2D eigenvalue weighted by molar-refractivity contribution is 0.282. The smallest absolute Gasteiger partial charge is 0.119 e. The number of hydrogen-bond acceptors (Lipinski definition) is 2. The standard InChI is InChI=1S/C20H17ClO2/c21-20-12-16(13-22)6-11-19(20)17-7-9-18(10-8-17)23-14-15-4-2-1-3-5-15/h1-12,22H,13-14H2. The van der Waals surface area contributed by atoms with E-state index in [0.29, 0.717) is 11.6 Å². The van der Waals surface area contributed by atoms with Crippen LogP contribution in [0.3, 0.4) is 0 Å². The first kappa shape index (κ1) is 15.6. The molecular weight excluding hydrogens is 308 g/mol. The number of aliphatic hydroxyl groups is 1. The summed E-state index contributed by atoms with van der Waals surface area (Å²) in [6, 6.07) is 23.5. The Labute approximate surface area is 140 Å². The van der Waals surface area contributed by atoms with E-state index < -0.39 is 0 Å². The SMILES string of the molecule is OCc1ccc(-c2ccc(OCc3ccccc3)cc2)c(Cl)c1. The summed E-state index contributed by atoms with van der Waals surface area (Å²) in [4.78, 5) is 0. The molecule has 1 N–H and O–H groups in total. The van der Waals surface area contributed by atoms with Crippen LogP contribution in [0, 0.1) is 0 Å². The summed E-state index contributed by atoms with van der Waals surface area (Å²) in [5.74, 6) is 0.820. The minimum Gasteiger partial charge on any atom is -0.489 e. The first-order valence-corrected chi connectivity index (χ1v) is 7.80. The van der Waals surface area contributed by atoms with Crippen molar-refractivity contribution in [1.82, 2.24) is 0 Å². The summed E-state index contributed by atoms with van der Waals surface area (Å²) in [7, 11) is 0. The van der Waals surface area contributed by atoms with Gasteiger partial charge in [-0.05, 0) is 34.9 Å². The van der Waals surface area contributed by atoms with Crippen LogP contribution in [-0.2, 0) is 13.2 Å². The topological polar surface area (TPSA) is 29.5 Å². The van der Waals surface area contributed by atoms with Gasteiger partial charge < -0.3 is 9.84 Å². The van der Waals surface area contributed by atoms with E-state index in [0.717, 1.165) is 28.0 Å². The van der Waals surface area contributed by atoms with Crippen LogP contribution in [-0.4, -0.2) is 5.11 Å². The van der Waals surface area contributed by atoms with Crippen LogP contribution in [0.1, 0.15) is 11.1 Å². The third-order valence-electron chi connectivity index (χ3n) is 3.63. The Morgan fingerprint density at radius 1 is 0.826 bits per heavy atom. The van der Waals surface area contributed by atoms with Crippen LogP contribution in [0.5, 0.6) is 5.75 Å². The average molecular weight is 325 g/mol. The van der Waals surface area contributed by atoms with Crippen molar-refractivity contribution in [3.05, 3.63) is 88.9 Å². The number of halogens is 1. The Hall–Kier alpha value is -2.29. The van der Waals surface area contributed by atoms with E-state index in [1.807, 2.05) is 66.7 Å². The van der Waals surface area contributed by atoms with Gasteiger partial charge in [-0.3, -0.25) is 0 Å². The molecule has 3 aromatic carbocycles. The fraction of sp³-hybridized carbons (Fsp3) is 0.100. The van der Waals surface area contributed by atoms with Crippen molar-refractivity contribution in [2.45, 2.75) is 13.2 Å². The van der Waals surface area contributed by atoms with E-state index >= 15 is 0 Å². The fourth-order valence-corrected chi connectivity index (χ4v) is 2.67. The molecule has 0 aliphatic carbocycles. The molecule has 3 aromatic rings. The summed E-state index contributed by atoms with van der Waals surface area (Å²) >= 11 is 6.28.